The first-order chi connectivity index (χ1) is 23.6. The minimum Gasteiger partial charge on any atom is -0.324 e. The molecule has 0 saturated heterocycles. The number of nitrogens with zero attached hydrogens (tertiary/aromatic N) is 2. The summed E-state index contributed by atoms with van der Waals surface area (Å²) >= 11 is 0. The van der Waals surface area contributed by atoms with E-state index >= 15 is 0 Å². The number of benzene rings is 3. The van der Waals surface area contributed by atoms with Gasteiger partial charge in [0.25, 0.3) is 0 Å². The van der Waals surface area contributed by atoms with Crippen molar-refractivity contribution in [2.75, 3.05) is 0 Å². The Morgan fingerprint density at radius 2 is 0.740 bits per heavy atom. The molecule has 5 rings (SSSR count). The van der Waals surface area contributed by atoms with Gasteiger partial charge in [0.15, 0.2) is 37.9 Å². The summed E-state index contributed by atoms with van der Waals surface area (Å²) in [5, 5.41) is 0. The molecule has 8 nitrogen and oxygen atoms in total. The zero-order valence-electron chi connectivity index (χ0n) is 28.8. The average Bonchev–Trinajstić information content (AvgIpc) is 3.06. The van der Waals surface area contributed by atoms with Crippen molar-refractivity contribution in [3.8, 4) is 0 Å². The Bertz CT molecular complexity index is 1930. The van der Waals surface area contributed by atoms with Gasteiger partial charge in [-0.1, -0.05) is 72.8 Å². The van der Waals surface area contributed by atoms with Crippen LogP contribution in [0.4, 0.5) is 0 Å². The van der Waals surface area contributed by atoms with E-state index < -0.39 is 15.2 Å². The van der Waals surface area contributed by atoms with Crippen LogP contribution >= 0.6 is 15.2 Å². The highest BCUT2D eigenvalue weighted by atomic mass is 31.2. The Morgan fingerprint density at radius 1 is 0.460 bits per heavy atom. The average molecular weight is 711 g/mol. The van der Waals surface area contributed by atoms with E-state index in [9.17, 15) is 28.7 Å². The molecule has 0 spiro atoms. The molecule has 3 aromatic carbocycles. The highest BCUT2D eigenvalue weighted by Gasteiger charge is 2.16. The number of hydrogen-bond donors (Lipinski definition) is 4. The van der Waals surface area contributed by atoms with Crippen LogP contribution in [0.25, 0.3) is 24.3 Å². The normalized spacial score (nSPS) is 12.3. The molecule has 0 saturated carbocycles. The molecule has 2 heterocycles. The first-order valence-electron chi connectivity index (χ1n) is 16.3. The standard InChI is InChI=1S/C40H42N2O6P2/c1-29-30(2)40(16-14-34-19-23-42(24-20-34)26-36-7-11-38(12-8-36)28-50(46,47)48)32(4)31(3)39(29)15-13-33-17-21-41(22-18-33)25-35-5-9-37(10-6-35)27-49(43,44)45/h5-24H,25-28H2,1-4H3,(H2-2,43,44,45,46,47,48)/p+2/b15-13+,16-14+. The van der Waals surface area contributed by atoms with E-state index in [2.05, 4.69) is 85.4 Å². The molecule has 0 aliphatic rings. The van der Waals surface area contributed by atoms with Gasteiger partial charge in [-0.3, -0.25) is 9.13 Å². The summed E-state index contributed by atoms with van der Waals surface area (Å²) in [5.41, 5.74) is 13.0. The maximum atomic E-state index is 11.3. The molecule has 2 aromatic heterocycles. The lowest BCUT2D eigenvalue weighted by molar-refractivity contribution is -0.688. The number of hydrogen-bond acceptors (Lipinski definition) is 2. The molecule has 50 heavy (non-hydrogen) atoms. The molecule has 0 aliphatic carbocycles. The summed E-state index contributed by atoms with van der Waals surface area (Å²) in [6, 6.07) is 23.0. The monoisotopic (exact) mass is 710 g/mol. The van der Waals surface area contributed by atoms with Gasteiger partial charge in [0.05, 0.1) is 12.3 Å². The summed E-state index contributed by atoms with van der Waals surface area (Å²) in [6.07, 6.45) is 16.3. The van der Waals surface area contributed by atoms with Crippen molar-refractivity contribution in [2.24, 2.45) is 0 Å². The van der Waals surface area contributed by atoms with E-state index in [1.807, 2.05) is 49.1 Å². The van der Waals surface area contributed by atoms with E-state index in [-0.39, 0.29) is 12.3 Å². The molecule has 0 amide bonds. The van der Waals surface area contributed by atoms with Gasteiger partial charge in [-0.05, 0) is 83.3 Å². The molecule has 0 bridgehead atoms. The first-order valence-corrected chi connectivity index (χ1v) is 19.9. The summed E-state index contributed by atoms with van der Waals surface area (Å²) in [7, 11) is -8.15. The minimum absolute atomic E-state index is 0.248. The third-order valence-corrected chi connectivity index (χ3v) is 10.6. The summed E-state index contributed by atoms with van der Waals surface area (Å²) < 4.78 is 26.7. The molecule has 5 aromatic rings. The van der Waals surface area contributed by atoms with E-state index in [0.29, 0.717) is 24.2 Å². The van der Waals surface area contributed by atoms with Gasteiger partial charge in [-0.25, -0.2) is 9.13 Å². The molecule has 0 atom stereocenters. The third-order valence-electron chi connectivity index (χ3n) is 9.01. The zero-order chi connectivity index (χ0) is 36.1. The molecular weight excluding hydrogens is 666 g/mol. The predicted octanol–water partition coefficient (Wildman–Crippen LogP) is 7.29. The fraction of sp³-hybridized carbons (Fsp3) is 0.200. The zero-order valence-corrected chi connectivity index (χ0v) is 30.6. The number of rotatable bonds is 12. The maximum absolute atomic E-state index is 11.3. The molecule has 0 unspecified atom stereocenters. The van der Waals surface area contributed by atoms with Crippen LogP contribution in [0, 0.1) is 27.7 Å². The molecule has 0 radical (unpaired) electrons. The van der Waals surface area contributed by atoms with Gasteiger partial charge in [0, 0.05) is 35.4 Å². The van der Waals surface area contributed by atoms with E-state index in [4.69, 9.17) is 0 Å². The van der Waals surface area contributed by atoms with Crippen LogP contribution in [-0.4, -0.2) is 19.6 Å². The highest BCUT2D eigenvalue weighted by Crippen LogP contribution is 2.39. The van der Waals surface area contributed by atoms with Crippen molar-refractivity contribution < 1.29 is 37.8 Å². The Hall–Kier alpha value is -4.26. The topological polar surface area (TPSA) is 123 Å². The van der Waals surface area contributed by atoms with Crippen molar-refractivity contribution in [3.05, 3.63) is 164 Å². The predicted molar refractivity (Wildman–Crippen MR) is 199 cm³/mol. The number of pyridine rings is 2. The van der Waals surface area contributed by atoms with Gasteiger partial charge in [0.2, 0.25) is 0 Å². The van der Waals surface area contributed by atoms with E-state index in [0.717, 1.165) is 22.3 Å². The second-order valence-corrected chi connectivity index (χ2v) is 16.2. The van der Waals surface area contributed by atoms with Crippen molar-refractivity contribution in [1.82, 2.24) is 0 Å². The maximum Gasteiger partial charge on any atom is 0.329 e. The van der Waals surface area contributed by atoms with Gasteiger partial charge < -0.3 is 19.6 Å². The smallest absolute Gasteiger partial charge is 0.324 e. The molecule has 4 N–H and O–H groups in total. The largest absolute Gasteiger partial charge is 0.329 e. The Balaban J connectivity index is 1.23. The lowest BCUT2D eigenvalue weighted by Gasteiger charge is -2.17. The summed E-state index contributed by atoms with van der Waals surface area (Å²) in [5.74, 6) is 0. The minimum atomic E-state index is -4.08. The van der Waals surface area contributed by atoms with Crippen LogP contribution in [0.5, 0.6) is 0 Å². The summed E-state index contributed by atoms with van der Waals surface area (Å²) in [4.78, 5) is 36.8. The fourth-order valence-electron chi connectivity index (χ4n) is 6.00. The highest BCUT2D eigenvalue weighted by molar-refractivity contribution is 7.51. The van der Waals surface area contributed by atoms with Gasteiger partial charge >= 0.3 is 15.2 Å². The molecule has 0 fully saturated rings. The SMILES string of the molecule is Cc1c(C)c(/C=C/c2cc[n+](Cc3ccc(CP(=O)(O)O)cc3)cc2)c(C)c(C)c1/C=C/c1cc[n+](Cc2ccc(CP(=O)(O)O)cc2)cc1. The van der Waals surface area contributed by atoms with Crippen LogP contribution in [0.15, 0.2) is 97.6 Å². The summed E-state index contributed by atoms with van der Waals surface area (Å²) in [6.45, 7) is 10.0. The fourth-order valence-corrected chi connectivity index (χ4v) is 7.37. The Kier molecular flexibility index (Phi) is 11.7. The molecule has 0 aliphatic heterocycles. The van der Waals surface area contributed by atoms with Gasteiger partial charge in [-0.2, -0.15) is 0 Å². The quantitative estimate of drug-likeness (QED) is 0.0797. The lowest BCUT2D eigenvalue weighted by atomic mass is 9.88. The molecular formula is C40H44N2O6P2+2. The van der Waals surface area contributed by atoms with Crippen LogP contribution < -0.4 is 9.13 Å². The molecule has 10 heteroatoms. The first kappa shape index (κ1) is 37.0. The van der Waals surface area contributed by atoms with E-state index in [1.165, 1.54) is 33.4 Å². The van der Waals surface area contributed by atoms with Crippen molar-refractivity contribution >= 4 is 39.5 Å². The lowest BCUT2D eigenvalue weighted by Crippen LogP contribution is -2.33. The Morgan fingerprint density at radius 3 is 1.02 bits per heavy atom. The Labute approximate surface area is 294 Å². The van der Waals surface area contributed by atoms with Crippen molar-refractivity contribution in [3.63, 3.8) is 0 Å². The van der Waals surface area contributed by atoms with Crippen LogP contribution in [0.1, 0.15) is 66.8 Å². The van der Waals surface area contributed by atoms with Crippen molar-refractivity contribution in [2.45, 2.75) is 53.1 Å². The molecule has 258 valence electrons. The second kappa shape index (κ2) is 15.7. The van der Waals surface area contributed by atoms with E-state index in [1.54, 1.807) is 24.3 Å². The van der Waals surface area contributed by atoms with Crippen LogP contribution in [0.3, 0.4) is 0 Å². The van der Waals surface area contributed by atoms with Gasteiger partial charge in [-0.15, -0.1) is 0 Å². The number of aromatic nitrogens is 2. The van der Waals surface area contributed by atoms with Gasteiger partial charge in [0.1, 0.15) is 0 Å². The third kappa shape index (κ3) is 10.4. The second-order valence-electron chi connectivity index (χ2n) is 12.9. The van der Waals surface area contributed by atoms with Crippen molar-refractivity contribution in [1.29, 1.82) is 0 Å². The van der Waals surface area contributed by atoms with Crippen LogP contribution in [0.2, 0.25) is 0 Å². The van der Waals surface area contributed by atoms with Crippen LogP contribution in [-0.2, 0) is 34.5 Å².